The molecule has 4 rings (SSSR count). The van der Waals surface area contributed by atoms with Gasteiger partial charge in [-0.2, -0.15) is 0 Å². The van der Waals surface area contributed by atoms with E-state index >= 15 is 0 Å². The van der Waals surface area contributed by atoms with E-state index in [9.17, 15) is 4.79 Å². The topological polar surface area (TPSA) is 68.5 Å². The maximum Gasteiger partial charge on any atom is 0.230 e. The summed E-state index contributed by atoms with van der Waals surface area (Å²) in [6, 6.07) is 12.9. The number of nitrogens with one attached hydrogen (secondary N) is 1. The minimum absolute atomic E-state index is 0.130. The maximum atomic E-state index is 12.6. The second-order valence-electron chi connectivity index (χ2n) is 7.13. The molecule has 160 valence electrons. The second kappa shape index (κ2) is 8.94. The van der Waals surface area contributed by atoms with Gasteiger partial charge in [0.25, 0.3) is 0 Å². The summed E-state index contributed by atoms with van der Waals surface area (Å²) in [4.78, 5) is 12.6. The van der Waals surface area contributed by atoms with E-state index in [1.165, 1.54) is 11.8 Å². The van der Waals surface area contributed by atoms with Gasteiger partial charge >= 0.3 is 0 Å². The average molecular weight is 475 g/mol. The normalized spacial score (nSPS) is 12.3. The highest BCUT2D eigenvalue weighted by Gasteiger charge is 2.16. The van der Waals surface area contributed by atoms with Gasteiger partial charge in [0.2, 0.25) is 5.91 Å². The van der Waals surface area contributed by atoms with Gasteiger partial charge in [-0.1, -0.05) is 41.0 Å². The fraction of sp³-hybridized carbons (Fsp3) is 0.227. The van der Waals surface area contributed by atoms with Crippen LogP contribution in [-0.4, -0.2) is 33.4 Å². The Hall–Kier alpha value is -2.48. The Morgan fingerprint density at radius 2 is 2.00 bits per heavy atom. The number of pyridine rings is 1. The van der Waals surface area contributed by atoms with Crippen LogP contribution in [0.2, 0.25) is 10.0 Å². The molecule has 0 aliphatic heterocycles. The standard InChI is InChI=1S/C22H20Cl2N4O2S/c1-12-8-20-26-27-22(28(20)19-10-15(30-3)5-7-16(12)19)31-11-21(29)25-13(2)17-6-4-14(23)9-18(17)24/h4-10,13H,11H2,1-3H3,(H,25,29). The van der Waals surface area contributed by atoms with Crippen molar-refractivity contribution in [2.45, 2.75) is 25.0 Å². The molecule has 0 fully saturated rings. The number of carbonyl (C=O) groups excluding carboxylic acids is 1. The van der Waals surface area contributed by atoms with Gasteiger partial charge in [0.05, 0.1) is 24.4 Å². The van der Waals surface area contributed by atoms with Crippen LogP contribution in [0.5, 0.6) is 5.75 Å². The lowest BCUT2D eigenvalue weighted by Crippen LogP contribution is -2.28. The van der Waals surface area contributed by atoms with Gasteiger partial charge in [-0.05, 0) is 55.3 Å². The number of thioether (sulfide) groups is 1. The third-order valence-electron chi connectivity index (χ3n) is 5.01. The van der Waals surface area contributed by atoms with E-state index in [4.69, 9.17) is 27.9 Å². The first-order valence-corrected chi connectivity index (χ1v) is 11.3. The lowest BCUT2D eigenvalue weighted by atomic mass is 10.1. The maximum absolute atomic E-state index is 12.6. The summed E-state index contributed by atoms with van der Waals surface area (Å²) in [5.74, 6) is 0.806. The molecular weight excluding hydrogens is 455 g/mol. The summed E-state index contributed by atoms with van der Waals surface area (Å²) >= 11 is 13.5. The zero-order chi connectivity index (χ0) is 22.1. The van der Waals surface area contributed by atoms with Gasteiger partial charge in [0, 0.05) is 21.5 Å². The highest BCUT2D eigenvalue weighted by Crippen LogP contribution is 2.29. The number of benzene rings is 2. The highest BCUT2D eigenvalue weighted by atomic mass is 35.5. The first-order chi connectivity index (χ1) is 14.9. The number of aryl methyl sites for hydroxylation is 1. The largest absolute Gasteiger partial charge is 0.497 e. The predicted octanol–water partition coefficient (Wildman–Crippen LogP) is 5.48. The van der Waals surface area contributed by atoms with Gasteiger partial charge in [0.1, 0.15) is 5.75 Å². The van der Waals surface area contributed by atoms with Crippen molar-refractivity contribution >= 4 is 57.4 Å². The zero-order valence-corrected chi connectivity index (χ0v) is 19.5. The van der Waals surface area contributed by atoms with Gasteiger partial charge in [-0.15, -0.1) is 10.2 Å². The van der Waals surface area contributed by atoms with E-state index in [1.54, 1.807) is 19.2 Å². The van der Waals surface area contributed by atoms with Crippen molar-refractivity contribution in [1.82, 2.24) is 19.9 Å². The third kappa shape index (κ3) is 4.44. The molecule has 0 bridgehead atoms. The Morgan fingerprint density at radius 3 is 2.74 bits per heavy atom. The monoisotopic (exact) mass is 474 g/mol. The second-order valence-corrected chi connectivity index (χ2v) is 8.92. The van der Waals surface area contributed by atoms with Crippen LogP contribution in [0.3, 0.4) is 0 Å². The molecule has 6 nitrogen and oxygen atoms in total. The summed E-state index contributed by atoms with van der Waals surface area (Å²) in [5.41, 5.74) is 3.57. The molecule has 1 unspecified atom stereocenters. The number of amides is 1. The fourth-order valence-electron chi connectivity index (χ4n) is 3.47. The first-order valence-electron chi connectivity index (χ1n) is 9.57. The average Bonchev–Trinajstić information content (AvgIpc) is 3.14. The van der Waals surface area contributed by atoms with Crippen molar-refractivity contribution in [3.05, 3.63) is 63.6 Å². The number of ether oxygens (including phenoxy) is 1. The van der Waals surface area contributed by atoms with E-state index in [2.05, 4.69) is 15.5 Å². The number of hydrogen-bond acceptors (Lipinski definition) is 5. The molecule has 9 heteroatoms. The number of methoxy groups -OCH3 is 1. The fourth-order valence-corrected chi connectivity index (χ4v) is 4.80. The van der Waals surface area contributed by atoms with Crippen LogP contribution < -0.4 is 10.1 Å². The Bertz CT molecular complexity index is 1290. The lowest BCUT2D eigenvalue weighted by molar-refractivity contribution is -0.119. The number of hydrogen-bond donors (Lipinski definition) is 1. The Morgan fingerprint density at radius 1 is 1.19 bits per heavy atom. The smallest absolute Gasteiger partial charge is 0.230 e. The van der Waals surface area contributed by atoms with Crippen molar-refractivity contribution in [1.29, 1.82) is 0 Å². The molecule has 31 heavy (non-hydrogen) atoms. The van der Waals surface area contributed by atoms with Gasteiger partial charge < -0.3 is 10.1 Å². The van der Waals surface area contributed by atoms with Crippen LogP contribution in [0.1, 0.15) is 24.1 Å². The number of fused-ring (bicyclic) bond motifs is 3. The van der Waals surface area contributed by atoms with Crippen molar-refractivity contribution in [2.75, 3.05) is 12.9 Å². The number of rotatable bonds is 6. The molecule has 2 aromatic carbocycles. The molecule has 0 aliphatic rings. The van der Waals surface area contributed by atoms with Crippen LogP contribution >= 0.6 is 35.0 Å². The van der Waals surface area contributed by atoms with Gasteiger partial charge in [0.15, 0.2) is 10.8 Å². The van der Waals surface area contributed by atoms with Crippen LogP contribution in [0.15, 0.2) is 47.6 Å². The van der Waals surface area contributed by atoms with Gasteiger partial charge in [-0.25, -0.2) is 0 Å². The zero-order valence-electron chi connectivity index (χ0n) is 17.1. The van der Waals surface area contributed by atoms with E-state index < -0.39 is 0 Å². The van der Waals surface area contributed by atoms with E-state index in [0.29, 0.717) is 15.2 Å². The molecule has 0 radical (unpaired) electrons. The lowest BCUT2D eigenvalue weighted by Gasteiger charge is -2.16. The third-order valence-corrected chi connectivity index (χ3v) is 6.50. The molecule has 2 aromatic heterocycles. The number of aromatic nitrogens is 3. The van der Waals surface area contributed by atoms with Crippen molar-refractivity contribution in [3.8, 4) is 5.75 Å². The van der Waals surface area contributed by atoms with E-state index in [0.717, 1.165) is 33.4 Å². The Balaban J connectivity index is 1.55. The molecule has 0 saturated heterocycles. The molecule has 0 aliphatic carbocycles. The molecule has 0 saturated carbocycles. The van der Waals surface area contributed by atoms with Crippen LogP contribution in [0, 0.1) is 6.92 Å². The number of nitrogens with zero attached hydrogens (tertiary/aromatic N) is 3. The number of halogens is 2. The summed E-state index contributed by atoms with van der Waals surface area (Å²) in [7, 11) is 1.63. The summed E-state index contributed by atoms with van der Waals surface area (Å²) in [5, 5.41) is 14.3. The SMILES string of the molecule is COc1ccc2c(C)cc3nnc(SCC(=O)NC(C)c4ccc(Cl)cc4Cl)n3c2c1. The van der Waals surface area contributed by atoms with Crippen molar-refractivity contribution < 1.29 is 9.53 Å². The quantitative estimate of drug-likeness (QED) is 0.375. The van der Waals surface area contributed by atoms with Crippen LogP contribution in [-0.2, 0) is 4.79 Å². The first kappa shape index (κ1) is 21.7. The molecule has 1 N–H and O–H groups in total. The Kier molecular flexibility index (Phi) is 6.27. The minimum Gasteiger partial charge on any atom is -0.497 e. The Labute approximate surface area is 193 Å². The minimum atomic E-state index is -0.249. The summed E-state index contributed by atoms with van der Waals surface area (Å²) < 4.78 is 7.33. The molecule has 4 aromatic rings. The summed E-state index contributed by atoms with van der Waals surface area (Å²) in [6.07, 6.45) is 0. The molecule has 1 atom stereocenters. The summed E-state index contributed by atoms with van der Waals surface area (Å²) in [6.45, 7) is 3.92. The molecular formula is C22H20Cl2N4O2S. The van der Waals surface area contributed by atoms with E-state index in [1.807, 2.05) is 48.6 Å². The predicted molar refractivity (Wildman–Crippen MR) is 126 cm³/mol. The van der Waals surface area contributed by atoms with Crippen LogP contribution in [0.4, 0.5) is 0 Å². The molecule has 2 heterocycles. The van der Waals surface area contributed by atoms with Crippen molar-refractivity contribution in [2.24, 2.45) is 0 Å². The van der Waals surface area contributed by atoms with Crippen LogP contribution in [0.25, 0.3) is 16.6 Å². The van der Waals surface area contributed by atoms with E-state index in [-0.39, 0.29) is 17.7 Å². The number of carbonyl (C=O) groups is 1. The van der Waals surface area contributed by atoms with Gasteiger partial charge in [-0.3, -0.25) is 9.20 Å². The molecule has 1 amide bonds. The highest BCUT2D eigenvalue weighted by molar-refractivity contribution is 7.99. The van der Waals surface area contributed by atoms with Crippen molar-refractivity contribution in [3.63, 3.8) is 0 Å². The molecule has 0 spiro atoms.